The van der Waals surface area contributed by atoms with Crippen LogP contribution in [0.25, 0.3) is 10.6 Å². The molecule has 1 aliphatic carbocycles. The summed E-state index contributed by atoms with van der Waals surface area (Å²) < 4.78 is 5.21. The summed E-state index contributed by atoms with van der Waals surface area (Å²) in [5, 5.41) is 8.22. The molecule has 6 nitrogen and oxygen atoms in total. The maximum absolute atomic E-state index is 6.06. The standard InChI is InChI=1S/C20H22ClN5OS/c1-12(11-27-2)23-20-26-17(13-6-7-13)18(28-20)16-8-9-22-19(25-16)24-15-5-3-4-14(21)10-15/h3-5,8-10,12-13H,6-7,11H2,1-2H3,(H,23,26)(H,22,24,25). The van der Waals surface area contributed by atoms with Crippen LogP contribution in [0.4, 0.5) is 16.8 Å². The molecule has 1 aliphatic rings. The van der Waals surface area contributed by atoms with Crippen molar-refractivity contribution in [2.75, 3.05) is 24.4 Å². The van der Waals surface area contributed by atoms with Crippen molar-refractivity contribution in [2.45, 2.75) is 31.7 Å². The summed E-state index contributed by atoms with van der Waals surface area (Å²) in [5.41, 5.74) is 2.86. The monoisotopic (exact) mass is 415 g/mol. The van der Waals surface area contributed by atoms with Gasteiger partial charge in [-0.2, -0.15) is 0 Å². The third-order valence-corrected chi connectivity index (χ3v) is 5.63. The van der Waals surface area contributed by atoms with Crippen molar-refractivity contribution in [1.82, 2.24) is 15.0 Å². The van der Waals surface area contributed by atoms with Crippen LogP contribution in [0.2, 0.25) is 5.02 Å². The second-order valence-corrected chi connectivity index (χ2v) is 8.34. The Morgan fingerprint density at radius 1 is 1.29 bits per heavy atom. The molecule has 28 heavy (non-hydrogen) atoms. The first-order valence-electron chi connectivity index (χ1n) is 9.24. The van der Waals surface area contributed by atoms with Crippen molar-refractivity contribution in [2.24, 2.45) is 0 Å². The third-order valence-electron chi connectivity index (χ3n) is 4.37. The fraction of sp³-hybridized carbons (Fsp3) is 0.350. The van der Waals surface area contributed by atoms with Gasteiger partial charge in [-0.3, -0.25) is 0 Å². The Kier molecular flexibility index (Phi) is 5.75. The molecular formula is C20H22ClN5OS. The lowest BCUT2D eigenvalue weighted by atomic mass is 10.2. The quantitative estimate of drug-likeness (QED) is 0.518. The first-order chi connectivity index (χ1) is 13.6. The van der Waals surface area contributed by atoms with E-state index in [-0.39, 0.29) is 6.04 Å². The van der Waals surface area contributed by atoms with E-state index in [4.69, 9.17) is 26.3 Å². The van der Waals surface area contributed by atoms with Crippen LogP contribution in [0.3, 0.4) is 0 Å². The number of aromatic nitrogens is 3. The Morgan fingerprint density at radius 2 is 2.14 bits per heavy atom. The van der Waals surface area contributed by atoms with Gasteiger partial charge in [0.25, 0.3) is 0 Å². The van der Waals surface area contributed by atoms with E-state index in [1.807, 2.05) is 30.3 Å². The largest absolute Gasteiger partial charge is 0.383 e. The zero-order chi connectivity index (χ0) is 19.5. The van der Waals surface area contributed by atoms with Gasteiger partial charge < -0.3 is 15.4 Å². The Morgan fingerprint density at radius 3 is 2.89 bits per heavy atom. The average molecular weight is 416 g/mol. The van der Waals surface area contributed by atoms with Crippen molar-refractivity contribution < 1.29 is 4.74 Å². The van der Waals surface area contributed by atoms with Crippen LogP contribution < -0.4 is 10.6 Å². The van der Waals surface area contributed by atoms with Gasteiger partial charge >= 0.3 is 0 Å². The predicted octanol–water partition coefficient (Wildman–Crippen LogP) is 5.32. The second kappa shape index (κ2) is 8.43. The Balaban J connectivity index is 1.60. The number of hydrogen-bond donors (Lipinski definition) is 2. The first kappa shape index (κ1) is 19.1. The van der Waals surface area contributed by atoms with Gasteiger partial charge in [0.2, 0.25) is 5.95 Å². The second-order valence-electron chi connectivity index (χ2n) is 6.91. The molecular weight excluding hydrogens is 394 g/mol. The van der Waals surface area contributed by atoms with Gasteiger partial charge in [-0.1, -0.05) is 29.0 Å². The van der Waals surface area contributed by atoms with Crippen LogP contribution in [0.1, 0.15) is 31.4 Å². The van der Waals surface area contributed by atoms with E-state index in [0.717, 1.165) is 27.1 Å². The van der Waals surface area contributed by atoms with Gasteiger partial charge in [-0.05, 0) is 44.0 Å². The topological polar surface area (TPSA) is 72.0 Å². The Bertz CT molecular complexity index is 959. The van der Waals surface area contributed by atoms with Crippen LogP contribution in [0, 0.1) is 0 Å². The molecule has 146 valence electrons. The smallest absolute Gasteiger partial charge is 0.227 e. The van der Waals surface area contributed by atoms with Crippen LogP contribution >= 0.6 is 22.9 Å². The minimum Gasteiger partial charge on any atom is -0.383 e. The number of benzene rings is 1. The van der Waals surface area contributed by atoms with Gasteiger partial charge in [-0.15, -0.1) is 0 Å². The van der Waals surface area contributed by atoms with Crippen LogP contribution in [0.5, 0.6) is 0 Å². The molecule has 0 spiro atoms. The fourth-order valence-electron chi connectivity index (χ4n) is 2.95. The number of rotatable bonds is 8. The summed E-state index contributed by atoms with van der Waals surface area (Å²) in [7, 11) is 1.70. The molecule has 0 aliphatic heterocycles. The number of hydrogen-bond acceptors (Lipinski definition) is 7. The molecule has 2 aromatic heterocycles. The number of ether oxygens (including phenoxy) is 1. The highest BCUT2D eigenvalue weighted by molar-refractivity contribution is 7.19. The number of nitrogens with zero attached hydrogens (tertiary/aromatic N) is 3. The van der Waals surface area contributed by atoms with E-state index in [1.54, 1.807) is 24.6 Å². The molecule has 1 aromatic carbocycles. The zero-order valence-electron chi connectivity index (χ0n) is 15.8. The normalized spacial score (nSPS) is 14.7. The molecule has 1 unspecified atom stereocenters. The van der Waals surface area contributed by atoms with Gasteiger partial charge in [0.15, 0.2) is 5.13 Å². The van der Waals surface area contributed by atoms with Crippen molar-refractivity contribution in [1.29, 1.82) is 0 Å². The van der Waals surface area contributed by atoms with Crippen molar-refractivity contribution >= 4 is 39.7 Å². The van der Waals surface area contributed by atoms with Crippen molar-refractivity contribution in [3.63, 3.8) is 0 Å². The minimum atomic E-state index is 0.196. The summed E-state index contributed by atoms with van der Waals surface area (Å²) in [6, 6.07) is 9.64. The maximum Gasteiger partial charge on any atom is 0.227 e. The highest BCUT2D eigenvalue weighted by atomic mass is 35.5. The molecule has 1 atom stereocenters. The lowest BCUT2D eigenvalue weighted by Gasteiger charge is -2.10. The molecule has 1 saturated carbocycles. The molecule has 0 amide bonds. The van der Waals surface area contributed by atoms with Crippen LogP contribution in [0.15, 0.2) is 36.5 Å². The molecule has 0 radical (unpaired) electrons. The molecule has 4 rings (SSSR count). The molecule has 0 bridgehead atoms. The van der Waals surface area contributed by atoms with Gasteiger partial charge in [0.05, 0.1) is 22.9 Å². The van der Waals surface area contributed by atoms with E-state index < -0.39 is 0 Å². The lowest BCUT2D eigenvalue weighted by molar-refractivity contribution is 0.190. The fourth-order valence-corrected chi connectivity index (χ4v) is 4.28. The molecule has 1 fully saturated rings. The van der Waals surface area contributed by atoms with Crippen LogP contribution in [-0.4, -0.2) is 34.7 Å². The third kappa shape index (κ3) is 4.60. The average Bonchev–Trinajstić information content (AvgIpc) is 3.43. The number of thiazole rings is 1. The molecule has 2 N–H and O–H groups in total. The molecule has 2 heterocycles. The maximum atomic E-state index is 6.06. The van der Waals surface area contributed by atoms with E-state index in [0.29, 0.717) is 23.5 Å². The minimum absolute atomic E-state index is 0.196. The molecule has 8 heteroatoms. The van der Waals surface area contributed by atoms with E-state index in [1.165, 1.54) is 12.8 Å². The summed E-state index contributed by atoms with van der Waals surface area (Å²) in [6.45, 7) is 2.72. The van der Waals surface area contributed by atoms with E-state index >= 15 is 0 Å². The lowest BCUT2D eigenvalue weighted by Crippen LogP contribution is -2.20. The first-order valence-corrected chi connectivity index (χ1v) is 10.4. The summed E-state index contributed by atoms with van der Waals surface area (Å²) in [4.78, 5) is 15.0. The van der Waals surface area contributed by atoms with Crippen molar-refractivity contribution in [3.05, 3.63) is 47.2 Å². The van der Waals surface area contributed by atoms with E-state index in [9.17, 15) is 0 Å². The highest BCUT2D eigenvalue weighted by Crippen LogP contribution is 2.47. The summed E-state index contributed by atoms with van der Waals surface area (Å²) in [5.74, 6) is 1.07. The number of halogens is 1. The summed E-state index contributed by atoms with van der Waals surface area (Å²) >= 11 is 7.70. The van der Waals surface area contributed by atoms with Gasteiger partial charge in [0, 0.05) is 36.0 Å². The zero-order valence-corrected chi connectivity index (χ0v) is 17.3. The molecule has 3 aromatic rings. The number of nitrogens with one attached hydrogen (secondary N) is 2. The van der Waals surface area contributed by atoms with Crippen LogP contribution in [-0.2, 0) is 4.74 Å². The van der Waals surface area contributed by atoms with Gasteiger partial charge in [0.1, 0.15) is 0 Å². The highest BCUT2D eigenvalue weighted by Gasteiger charge is 2.31. The predicted molar refractivity (Wildman–Crippen MR) is 115 cm³/mol. The van der Waals surface area contributed by atoms with Gasteiger partial charge in [-0.25, -0.2) is 15.0 Å². The Labute approximate surface area is 173 Å². The number of methoxy groups -OCH3 is 1. The van der Waals surface area contributed by atoms with E-state index in [2.05, 4.69) is 22.5 Å². The van der Waals surface area contributed by atoms with Crippen molar-refractivity contribution in [3.8, 4) is 10.6 Å². The molecule has 0 saturated heterocycles. The Hall–Kier alpha value is -2.22. The number of anilines is 3. The SMILES string of the molecule is COCC(C)Nc1nc(C2CC2)c(-c2ccnc(Nc3cccc(Cl)c3)n2)s1. The summed E-state index contributed by atoms with van der Waals surface area (Å²) in [6.07, 6.45) is 4.14.